The van der Waals surface area contributed by atoms with Crippen LogP contribution >= 0.6 is 11.6 Å². The second-order valence-electron chi connectivity index (χ2n) is 8.15. The van der Waals surface area contributed by atoms with Gasteiger partial charge in [-0.15, -0.1) is 0 Å². The van der Waals surface area contributed by atoms with Gasteiger partial charge in [-0.2, -0.15) is 4.98 Å². The SMILES string of the molecule is CC(=O)N[C@H]1CC[C@H](Nc2ncc(Cl)c(Nc3ccccc3S(=O)(=O)C3CC3)n2)CC1. The van der Waals surface area contributed by atoms with E-state index in [0.29, 0.717) is 35.3 Å². The number of carbonyl (C=O) groups excluding carboxylic acids is 1. The van der Waals surface area contributed by atoms with Crippen LogP contribution in [0, 0.1) is 0 Å². The van der Waals surface area contributed by atoms with Crippen LogP contribution in [0.25, 0.3) is 0 Å². The molecule has 0 radical (unpaired) electrons. The molecule has 0 bridgehead atoms. The van der Waals surface area contributed by atoms with E-state index in [1.54, 1.807) is 24.3 Å². The molecule has 166 valence electrons. The van der Waals surface area contributed by atoms with Crippen LogP contribution in [-0.2, 0) is 14.6 Å². The number of anilines is 3. The molecular formula is C21H26ClN5O3S. The third-order valence-electron chi connectivity index (χ3n) is 5.62. The molecule has 2 fully saturated rings. The number of para-hydroxylation sites is 1. The van der Waals surface area contributed by atoms with Gasteiger partial charge >= 0.3 is 0 Å². The van der Waals surface area contributed by atoms with Crippen molar-refractivity contribution in [2.75, 3.05) is 10.6 Å². The smallest absolute Gasteiger partial charge is 0.224 e. The highest BCUT2D eigenvalue weighted by molar-refractivity contribution is 7.92. The van der Waals surface area contributed by atoms with Gasteiger partial charge in [0.25, 0.3) is 0 Å². The Balaban J connectivity index is 1.47. The molecule has 1 amide bonds. The molecule has 2 aliphatic rings. The molecule has 0 atom stereocenters. The molecule has 2 saturated carbocycles. The first-order valence-electron chi connectivity index (χ1n) is 10.5. The predicted molar refractivity (Wildman–Crippen MR) is 120 cm³/mol. The van der Waals surface area contributed by atoms with E-state index >= 15 is 0 Å². The first kappa shape index (κ1) is 21.8. The van der Waals surface area contributed by atoms with Gasteiger partial charge in [0.1, 0.15) is 5.02 Å². The third-order valence-corrected chi connectivity index (χ3v) is 8.22. The molecule has 31 heavy (non-hydrogen) atoms. The van der Waals surface area contributed by atoms with E-state index in [1.165, 1.54) is 13.1 Å². The van der Waals surface area contributed by atoms with Crippen LogP contribution in [0.3, 0.4) is 0 Å². The lowest BCUT2D eigenvalue weighted by molar-refractivity contribution is -0.119. The number of carbonyl (C=O) groups is 1. The molecule has 4 rings (SSSR count). The highest BCUT2D eigenvalue weighted by Crippen LogP contribution is 2.37. The zero-order valence-electron chi connectivity index (χ0n) is 17.3. The maximum absolute atomic E-state index is 12.8. The summed E-state index contributed by atoms with van der Waals surface area (Å²) in [7, 11) is -3.37. The van der Waals surface area contributed by atoms with Gasteiger partial charge < -0.3 is 16.0 Å². The number of halogens is 1. The van der Waals surface area contributed by atoms with Gasteiger partial charge in [-0.1, -0.05) is 23.7 Å². The molecule has 2 aliphatic carbocycles. The van der Waals surface area contributed by atoms with Crippen molar-refractivity contribution in [2.45, 2.75) is 67.7 Å². The maximum atomic E-state index is 12.8. The van der Waals surface area contributed by atoms with Crippen molar-refractivity contribution in [3.05, 3.63) is 35.5 Å². The minimum atomic E-state index is -3.37. The molecule has 10 heteroatoms. The number of amides is 1. The number of nitrogens with one attached hydrogen (secondary N) is 3. The largest absolute Gasteiger partial charge is 0.354 e. The Labute approximate surface area is 187 Å². The van der Waals surface area contributed by atoms with Crippen molar-refractivity contribution < 1.29 is 13.2 Å². The van der Waals surface area contributed by atoms with Gasteiger partial charge in [0.05, 0.1) is 22.0 Å². The Kier molecular flexibility index (Phi) is 6.34. The van der Waals surface area contributed by atoms with Crippen LogP contribution < -0.4 is 16.0 Å². The number of aromatic nitrogens is 2. The van der Waals surface area contributed by atoms with E-state index in [4.69, 9.17) is 11.6 Å². The van der Waals surface area contributed by atoms with E-state index in [0.717, 1.165) is 25.7 Å². The van der Waals surface area contributed by atoms with Crippen molar-refractivity contribution in [1.29, 1.82) is 0 Å². The van der Waals surface area contributed by atoms with Gasteiger partial charge in [0.2, 0.25) is 11.9 Å². The molecule has 0 spiro atoms. The number of nitrogens with zero attached hydrogens (tertiary/aromatic N) is 2. The van der Waals surface area contributed by atoms with Crippen LogP contribution in [0.1, 0.15) is 45.4 Å². The average Bonchev–Trinajstić information content (AvgIpc) is 3.58. The second kappa shape index (κ2) is 9.00. The third kappa shape index (κ3) is 5.27. The highest BCUT2D eigenvalue weighted by Gasteiger charge is 2.38. The average molecular weight is 464 g/mol. The van der Waals surface area contributed by atoms with Gasteiger partial charge in [-0.25, -0.2) is 13.4 Å². The maximum Gasteiger partial charge on any atom is 0.224 e. The van der Waals surface area contributed by atoms with E-state index in [9.17, 15) is 13.2 Å². The molecule has 0 aliphatic heterocycles. The fourth-order valence-corrected chi connectivity index (χ4v) is 5.83. The van der Waals surface area contributed by atoms with Crippen molar-refractivity contribution in [1.82, 2.24) is 15.3 Å². The van der Waals surface area contributed by atoms with Crippen molar-refractivity contribution in [3.8, 4) is 0 Å². The lowest BCUT2D eigenvalue weighted by Gasteiger charge is -2.29. The normalized spacial score (nSPS) is 21.4. The van der Waals surface area contributed by atoms with Gasteiger partial charge in [0, 0.05) is 19.0 Å². The van der Waals surface area contributed by atoms with E-state index < -0.39 is 9.84 Å². The second-order valence-corrected chi connectivity index (χ2v) is 10.8. The summed E-state index contributed by atoms with van der Waals surface area (Å²) in [6.45, 7) is 1.54. The van der Waals surface area contributed by atoms with E-state index in [1.807, 2.05) is 0 Å². The Morgan fingerprint density at radius 1 is 1.06 bits per heavy atom. The van der Waals surface area contributed by atoms with Crippen molar-refractivity contribution in [2.24, 2.45) is 0 Å². The molecule has 1 heterocycles. The number of sulfone groups is 1. The number of hydrogen-bond acceptors (Lipinski definition) is 7. The highest BCUT2D eigenvalue weighted by atomic mass is 35.5. The zero-order chi connectivity index (χ0) is 22.0. The molecular weight excluding hydrogens is 438 g/mol. The van der Waals surface area contributed by atoms with Gasteiger partial charge in [0.15, 0.2) is 15.7 Å². The molecule has 0 unspecified atom stereocenters. The van der Waals surface area contributed by atoms with Crippen LogP contribution in [-0.4, -0.2) is 41.6 Å². The Hall–Kier alpha value is -2.39. The molecule has 2 aromatic rings. The Morgan fingerprint density at radius 3 is 2.42 bits per heavy atom. The van der Waals surface area contributed by atoms with Crippen LogP contribution in [0.5, 0.6) is 0 Å². The first-order valence-corrected chi connectivity index (χ1v) is 12.4. The zero-order valence-corrected chi connectivity index (χ0v) is 18.8. The molecule has 0 saturated heterocycles. The molecule has 1 aromatic heterocycles. The van der Waals surface area contributed by atoms with Gasteiger partial charge in [-0.05, 0) is 50.7 Å². The van der Waals surface area contributed by atoms with Crippen LogP contribution in [0.15, 0.2) is 35.4 Å². The van der Waals surface area contributed by atoms with Crippen LogP contribution in [0.4, 0.5) is 17.5 Å². The quantitative estimate of drug-likeness (QED) is 0.574. The van der Waals surface area contributed by atoms with Crippen molar-refractivity contribution >= 4 is 44.8 Å². The van der Waals surface area contributed by atoms with E-state index in [2.05, 4.69) is 25.9 Å². The summed E-state index contributed by atoms with van der Waals surface area (Å²) in [5.74, 6) is 0.777. The van der Waals surface area contributed by atoms with E-state index in [-0.39, 0.29) is 28.1 Å². The summed E-state index contributed by atoms with van der Waals surface area (Å²) in [4.78, 5) is 20.2. The molecule has 1 aromatic carbocycles. The standard InChI is InChI=1S/C21H26ClN5O3S/c1-13(28)24-14-6-8-15(9-7-14)25-21-23-12-17(22)20(27-21)26-18-4-2-3-5-19(18)31(29,30)16-10-11-16/h2-5,12,14-16H,6-11H2,1H3,(H,24,28)(H2,23,25,26,27)/t14-,15-. The fourth-order valence-electron chi connectivity index (χ4n) is 3.88. The summed E-state index contributed by atoms with van der Waals surface area (Å²) in [6.07, 6.45) is 6.46. The number of benzene rings is 1. The van der Waals surface area contributed by atoms with Crippen molar-refractivity contribution in [3.63, 3.8) is 0 Å². The number of rotatable bonds is 7. The monoisotopic (exact) mass is 463 g/mol. The molecule has 8 nitrogen and oxygen atoms in total. The lowest BCUT2D eigenvalue weighted by atomic mass is 9.91. The summed E-state index contributed by atoms with van der Waals surface area (Å²) in [5.41, 5.74) is 0.455. The first-order chi connectivity index (χ1) is 14.8. The molecule has 3 N–H and O–H groups in total. The summed E-state index contributed by atoms with van der Waals surface area (Å²) >= 11 is 6.29. The predicted octanol–water partition coefficient (Wildman–Crippen LogP) is 3.67. The van der Waals surface area contributed by atoms with Gasteiger partial charge in [-0.3, -0.25) is 4.79 Å². The topological polar surface area (TPSA) is 113 Å². The lowest BCUT2D eigenvalue weighted by Crippen LogP contribution is -2.39. The minimum Gasteiger partial charge on any atom is -0.354 e. The fraction of sp³-hybridized carbons (Fsp3) is 0.476. The Bertz CT molecular complexity index is 1070. The minimum absolute atomic E-state index is 0.00265. The number of hydrogen-bond donors (Lipinski definition) is 3. The van der Waals surface area contributed by atoms with Crippen LogP contribution in [0.2, 0.25) is 5.02 Å². The Morgan fingerprint density at radius 2 is 1.74 bits per heavy atom. The summed E-state index contributed by atoms with van der Waals surface area (Å²) in [6, 6.07) is 7.22. The summed E-state index contributed by atoms with van der Waals surface area (Å²) < 4.78 is 25.5. The summed E-state index contributed by atoms with van der Waals surface area (Å²) in [5, 5.41) is 9.38.